The van der Waals surface area contributed by atoms with Gasteiger partial charge in [-0.25, -0.2) is 19.7 Å². The summed E-state index contributed by atoms with van der Waals surface area (Å²) in [6.07, 6.45) is 4.20. The lowest BCUT2D eigenvalue weighted by Gasteiger charge is -2.20. The molecule has 38 heavy (non-hydrogen) atoms. The molecule has 3 aromatic heterocycles. The van der Waals surface area contributed by atoms with Crippen LogP contribution < -0.4 is 16.4 Å². The van der Waals surface area contributed by atoms with Crippen molar-refractivity contribution >= 4 is 40.1 Å². The van der Waals surface area contributed by atoms with Gasteiger partial charge in [0, 0.05) is 29.1 Å². The summed E-state index contributed by atoms with van der Waals surface area (Å²) in [4.78, 5) is 53.1. The molecule has 10 nitrogen and oxygen atoms in total. The third kappa shape index (κ3) is 3.34. The number of anilines is 3. The number of aromatic amines is 1. The Morgan fingerprint density at radius 3 is 2.79 bits per heavy atom. The van der Waals surface area contributed by atoms with Crippen molar-refractivity contribution in [1.82, 2.24) is 19.9 Å². The number of nitrogens with one attached hydrogen (secondary N) is 3. The number of aromatic nitrogens is 4. The molecule has 4 heterocycles. The predicted molar refractivity (Wildman–Crippen MR) is 139 cm³/mol. The Kier molecular flexibility index (Phi) is 4.62. The monoisotopic (exact) mass is 504 g/mol. The molecule has 186 valence electrons. The Labute approximate surface area is 215 Å². The van der Waals surface area contributed by atoms with Gasteiger partial charge < -0.3 is 15.1 Å². The minimum atomic E-state index is -0.642. The van der Waals surface area contributed by atoms with Crippen molar-refractivity contribution in [3.05, 3.63) is 105 Å². The molecule has 5 aromatic rings. The molecule has 3 N–H and O–H groups in total. The van der Waals surface area contributed by atoms with Crippen LogP contribution in [0, 0.1) is 6.92 Å². The summed E-state index contributed by atoms with van der Waals surface area (Å²) in [7, 11) is 0. The Hall–Kier alpha value is -5.12. The highest BCUT2D eigenvalue weighted by Gasteiger charge is 2.51. The average Bonchev–Trinajstić information content (AvgIpc) is 3.57. The highest BCUT2D eigenvalue weighted by molar-refractivity contribution is 6.09. The van der Waals surface area contributed by atoms with Gasteiger partial charge in [0.25, 0.3) is 0 Å². The maximum atomic E-state index is 13.2. The smallest absolute Gasteiger partial charge is 0.408 e. The van der Waals surface area contributed by atoms with Crippen LogP contribution in [0.1, 0.15) is 38.3 Å². The largest absolute Gasteiger partial charge is 0.417 e. The van der Waals surface area contributed by atoms with E-state index >= 15 is 0 Å². The van der Waals surface area contributed by atoms with Gasteiger partial charge in [0.15, 0.2) is 5.58 Å². The van der Waals surface area contributed by atoms with E-state index in [4.69, 9.17) is 4.42 Å². The van der Waals surface area contributed by atoms with Crippen molar-refractivity contribution < 1.29 is 14.0 Å². The number of ketones is 1. The van der Waals surface area contributed by atoms with E-state index in [-0.39, 0.29) is 17.4 Å². The zero-order chi connectivity index (χ0) is 26.0. The van der Waals surface area contributed by atoms with Crippen molar-refractivity contribution in [1.29, 1.82) is 0 Å². The van der Waals surface area contributed by atoms with E-state index < -0.39 is 11.2 Å². The Balaban J connectivity index is 1.15. The first-order valence-electron chi connectivity index (χ1n) is 12.1. The summed E-state index contributed by atoms with van der Waals surface area (Å²) >= 11 is 0. The number of aryl methyl sites for hydroxylation is 1. The van der Waals surface area contributed by atoms with E-state index in [0.717, 1.165) is 27.9 Å². The molecule has 1 spiro atoms. The standard InChI is InChI=1S/C28H20N6O4/c1-14-7-16(9-21-23(14)33-27(37)38-21)24(35)20-10-22(31-13-30-20)32-18-5-4-15-11-28(12-17(15)8-18)19-3-2-6-29-25(19)34-26(28)36/h2-10,13H,11-12H2,1H3,(H,33,37)(H,29,34,36)(H,30,31,32). The molecule has 0 fully saturated rings. The van der Waals surface area contributed by atoms with Crippen molar-refractivity contribution in [2.75, 3.05) is 10.6 Å². The topological polar surface area (TPSA) is 143 Å². The van der Waals surface area contributed by atoms with Gasteiger partial charge in [-0.05, 0) is 66.8 Å². The van der Waals surface area contributed by atoms with Crippen LogP contribution in [-0.4, -0.2) is 31.6 Å². The fourth-order valence-electron chi connectivity index (χ4n) is 5.54. The van der Waals surface area contributed by atoms with Crippen LogP contribution in [0.3, 0.4) is 0 Å². The summed E-state index contributed by atoms with van der Waals surface area (Å²) < 4.78 is 5.14. The minimum Gasteiger partial charge on any atom is -0.408 e. The maximum absolute atomic E-state index is 13.2. The normalized spacial score (nSPS) is 17.4. The van der Waals surface area contributed by atoms with Gasteiger partial charge in [0.05, 0.1) is 10.9 Å². The number of H-pyrrole nitrogens is 1. The number of oxazole rings is 1. The molecule has 2 aromatic carbocycles. The van der Waals surface area contributed by atoms with Gasteiger partial charge in [-0.2, -0.15) is 0 Å². The Morgan fingerprint density at radius 1 is 1.03 bits per heavy atom. The molecular formula is C28H20N6O4. The fourth-order valence-corrected chi connectivity index (χ4v) is 5.54. The van der Waals surface area contributed by atoms with Crippen LogP contribution in [-0.2, 0) is 23.1 Å². The van der Waals surface area contributed by atoms with Gasteiger partial charge in [-0.1, -0.05) is 12.1 Å². The summed E-state index contributed by atoms with van der Waals surface area (Å²) in [5.41, 5.74) is 5.41. The maximum Gasteiger partial charge on any atom is 0.417 e. The molecule has 1 unspecified atom stereocenters. The summed E-state index contributed by atoms with van der Waals surface area (Å²) in [5.74, 6) is 0.170. The van der Waals surface area contributed by atoms with Crippen molar-refractivity contribution in [2.24, 2.45) is 0 Å². The minimum absolute atomic E-state index is 0.0248. The average molecular weight is 505 g/mol. The molecule has 7 rings (SSSR count). The molecular weight excluding hydrogens is 484 g/mol. The first-order chi connectivity index (χ1) is 18.4. The van der Waals surface area contributed by atoms with Gasteiger partial charge in [-0.3, -0.25) is 14.6 Å². The number of carbonyl (C=O) groups excluding carboxylic acids is 2. The SMILES string of the molecule is Cc1cc(C(=O)c2cc(Nc3ccc4c(c3)CC3(C4)C(=O)Nc4ncccc43)ncn2)cc2oc(=O)[nH]c12. The zero-order valence-electron chi connectivity index (χ0n) is 20.2. The molecule has 1 aliphatic heterocycles. The van der Waals surface area contributed by atoms with E-state index in [0.29, 0.717) is 41.1 Å². The second kappa shape index (κ2) is 7.94. The second-order valence-corrected chi connectivity index (χ2v) is 9.70. The van der Waals surface area contributed by atoms with Crippen LogP contribution in [0.4, 0.5) is 17.3 Å². The lowest BCUT2D eigenvalue weighted by Crippen LogP contribution is -2.35. The second-order valence-electron chi connectivity index (χ2n) is 9.70. The third-order valence-corrected chi connectivity index (χ3v) is 7.34. The molecule has 1 amide bonds. The number of amides is 1. The lowest BCUT2D eigenvalue weighted by molar-refractivity contribution is -0.120. The number of rotatable bonds is 4. The summed E-state index contributed by atoms with van der Waals surface area (Å²) in [6, 6.07) is 14.6. The number of hydrogen-bond acceptors (Lipinski definition) is 8. The molecule has 10 heteroatoms. The molecule has 2 aliphatic rings. The molecule has 1 atom stereocenters. The number of carbonyl (C=O) groups is 2. The number of benzene rings is 2. The van der Waals surface area contributed by atoms with Crippen molar-refractivity contribution in [3.8, 4) is 0 Å². The third-order valence-electron chi connectivity index (χ3n) is 7.34. The van der Waals surface area contributed by atoms with E-state index in [9.17, 15) is 14.4 Å². The highest BCUT2D eigenvalue weighted by Crippen LogP contribution is 2.47. The van der Waals surface area contributed by atoms with E-state index in [1.807, 2.05) is 30.3 Å². The number of fused-ring (bicyclic) bond motifs is 4. The van der Waals surface area contributed by atoms with E-state index in [1.165, 1.54) is 12.4 Å². The van der Waals surface area contributed by atoms with E-state index in [1.54, 1.807) is 25.3 Å². The first-order valence-corrected chi connectivity index (χ1v) is 12.1. The van der Waals surface area contributed by atoms with Crippen LogP contribution in [0.5, 0.6) is 0 Å². The van der Waals surface area contributed by atoms with Crippen molar-refractivity contribution in [2.45, 2.75) is 25.2 Å². The van der Waals surface area contributed by atoms with Crippen LogP contribution in [0.15, 0.2) is 70.3 Å². The fraction of sp³-hybridized carbons (Fsp3) is 0.143. The lowest BCUT2D eigenvalue weighted by atomic mass is 9.79. The highest BCUT2D eigenvalue weighted by atomic mass is 16.4. The van der Waals surface area contributed by atoms with Gasteiger partial charge >= 0.3 is 5.76 Å². The molecule has 1 aliphatic carbocycles. The number of hydrogen-bond donors (Lipinski definition) is 3. The van der Waals surface area contributed by atoms with Gasteiger partial charge in [0.1, 0.15) is 23.7 Å². The number of pyridine rings is 1. The van der Waals surface area contributed by atoms with Crippen LogP contribution >= 0.6 is 0 Å². The van der Waals surface area contributed by atoms with E-state index in [2.05, 4.69) is 30.6 Å². The predicted octanol–water partition coefficient (Wildman–Crippen LogP) is 3.58. The zero-order valence-corrected chi connectivity index (χ0v) is 20.2. The summed E-state index contributed by atoms with van der Waals surface area (Å²) in [5, 5.41) is 6.18. The Morgan fingerprint density at radius 2 is 1.89 bits per heavy atom. The van der Waals surface area contributed by atoms with Crippen LogP contribution in [0.25, 0.3) is 11.1 Å². The summed E-state index contributed by atoms with van der Waals surface area (Å²) in [6.45, 7) is 1.79. The molecule has 0 saturated carbocycles. The van der Waals surface area contributed by atoms with Gasteiger partial charge in [0.2, 0.25) is 11.7 Å². The number of nitrogens with zero attached hydrogens (tertiary/aromatic N) is 3. The Bertz CT molecular complexity index is 1870. The molecule has 0 bridgehead atoms. The van der Waals surface area contributed by atoms with Gasteiger partial charge in [-0.15, -0.1) is 0 Å². The van der Waals surface area contributed by atoms with Crippen molar-refractivity contribution in [3.63, 3.8) is 0 Å². The molecule has 0 radical (unpaired) electrons. The quantitative estimate of drug-likeness (QED) is 0.315. The first kappa shape index (κ1) is 22.1. The molecule has 0 saturated heterocycles. The van der Waals surface area contributed by atoms with Crippen LogP contribution in [0.2, 0.25) is 0 Å².